The van der Waals surface area contributed by atoms with Crippen molar-refractivity contribution in [3.63, 3.8) is 0 Å². The Labute approximate surface area is 80.7 Å². The van der Waals surface area contributed by atoms with Gasteiger partial charge >= 0.3 is 0 Å². The van der Waals surface area contributed by atoms with E-state index >= 15 is 0 Å². The van der Waals surface area contributed by atoms with Gasteiger partial charge in [0.2, 0.25) is 0 Å². The van der Waals surface area contributed by atoms with Crippen LogP contribution in [0.1, 0.15) is 54.4 Å². The van der Waals surface area contributed by atoms with E-state index in [1.165, 1.54) is 12.8 Å². The molecule has 0 aromatic carbocycles. The molecule has 2 atom stereocenters. The minimum atomic E-state index is 0.406. The maximum Gasteiger partial charge on any atom is -0.0164 e. The Hall–Kier alpha value is 0.430. The van der Waals surface area contributed by atoms with E-state index in [4.69, 9.17) is 0 Å². The van der Waals surface area contributed by atoms with Gasteiger partial charge in [0, 0.05) is 0 Å². The molecule has 0 aliphatic carbocycles. The van der Waals surface area contributed by atoms with E-state index in [-0.39, 0.29) is 0 Å². The zero-order valence-electron chi connectivity index (χ0n) is 9.57. The predicted octanol–water partition coefficient (Wildman–Crippen LogP) is 4.10. The predicted molar refractivity (Wildman–Crippen MR) is 61.6 cm³/mol. The van der Waals surface area contributed by atoms with Gasteiger partial charge in [-0.05, 0) is 22.9 Å². The molecule has 0 rings (SSSR count). The second-order valence-electron chi connectivity index (χ2n) is 5.58. The molecule has 2 unspecified atom stereocenters. The van der Waals surface area contributed by atoms with E-state index in [2.05, 4.69) is 50.8 Å². The Kier molecular flexibility index (Phi) is 4.24. The minimum Gasteiger partial charge on any atom is -0.133 e. The van der Waals surface area contributed by atoms with Gasteiger partial charge in [0.1, 0.15) is 0 Å². The lowest BCUT2D eigenvalue weighted by Gasteiger charge is -2.40. The molecular formula is C11H25P. The van der Waals surface area contributed by atoms with Gasteiger partial charge in [0.05, 0.1) is 0 Å². The van der Waals surface area contributed by atoms with E-state index in [9.17, 15) is 0 Å². The molecule has 0 aromatic rings. The van der Waals surface area contributed by atoms with Gasteiger partial charge in [-0.1, -0.05) is 48.0 Å². The van der Waals surface area contributed by atoms with Crippen molar-refractivity contribution in [1.82, 2.24) is 0 Å². The lowest BCUT2D eigenvalue weighted by molar-refractivity contribution is 0.211. The third kappa shape index (κ3) is 3.44. The smallest absolute Gasteiger partial charge is 0.0164 e. The SMILES string of the molecule is CCCC(C)(C)C(P)C(C)(C)C. The number of hydrogen-bond donors (Lipinski definition) is 0. The quantitative estimate of drug-likeness (QED) is 0.585. The fourth-order valence-electron chi connectivity index (χ4n) is 1.97. The molecule has 0 spiro atoms. The van der Waals surface area contributed by atoms with Gasteiger partial charge < -0.3 is 0 Å². The minimum absolute atomic E-state index is 0.406. The van der Waals surface area contributed by atoms with Gasteiger partial charge in [-0.25, -0.2) is 0 Å². The Morgan fingerprint density at radius 2 is 1.50 bits per heavy atom. The van der Waals surface area contributed by atoms with Crippen molar-refractivity contribution in [2.75, 3.05) is 0 Å². The van der Waals surface area contributed by atoms with Gasteiger partial charge in [-0.2, -0.15) is 0 Å². The first-order chi connectivity index (χ1) is 5.22. The summed E-state index contributed by atoms with van der Waals surface area (Å²) in [6.07, 6.45) is 2.60. The van der Waals surface area contributed by atoms with E-state index in [1.54, 1.807) is 0 Å². The lowest BCUT2D eigenvalue weighted by Crippen LogP contribution is -2.35. The molecule has 0 radical (unpaired) electrons. The van der Waals surface area contributed by atoms with Gasteiger partial charge in [-0.3, -0.25) is 0 Å². The van der Waals surface area contributed by atoms with E-state index < -0.39 is 0 Å². The number of rotatable bonds is 3. The highest BCUT2D eigenvalue weighted by Crippen LogP contribution is 2.42. The standard InChI is InChI=1S/C11H25P/c1-7-8-11(5,6)9(12)10(2,3)4/h9H,7-8,12H2,1-6H3. The molecule has 0 nitrogen and oxygen atoms in total. The molecule has 0 aromatic heterocycles. The average molecular weight is 188 g/mol. The summed E-state index contributed by atoms with van der Waals surface area (Å²) in [4.78, 5) is 0. The summed E-state index contributed by atoms with van der Waals surface area (Å²) in [5, 5.41) is 0. The van der Waals surface area contributed by atoms with Crippen LogP contribution in [0.4, 0.5) is 0 Å². The molecule has 0 amide bonds. The first-order valence-electron chi connectivity index (χ1n) is 4.97. The van der Waals surface area contributed by atoms with Crippen molar-refractivity contribution in [3.8, 4) is 0 Å². The van der Waals surface area contributed by atoms with Crippen molar-refractivity contribution in [2.24, 2.45) is 10.8 Å². The molecule has 0 saturated heterocycles. The van der Waals surface area contributed by atoms with Crippen LogP contribution in [0, 0.1) is 10.8 Å². The van der Waals surface area contributed by atoms with Gasteiger partial charge in [0.15, 0.2) is 0 Å². The Morgan fingerprint density at radius 3 is 1.75 bits per heavy atom. The molecular weight excluding hydrogens is 163 g/mol. The molecule has 0 fully saturated rings. The van der Waals surface area contributed by atoms with E-state index in [1.807, 2.05) is 0 Å². The summed E-state index contributed by atoms with van der Waals surface area (Å²) in [5.41, 5.74) is 1.56. The maximum absolute atomic E-state index is 3.02. The normalized spacial score (nSPS) is 16.2. The Bertz CT molecular complexity index is 130. The van der Waals surface area contributed by atoms with Crippen molar-refractivity contribution < 1.29 is 0 Å². The van der Waals surface area contributed by atoms with Crippen LogP contribution in [0.3, 0.4) is 0 Å². The van der Waals surface area contributed by atoms with Gasteiger partial charge in [0.25, 0.3) is 0 Å². The van der Waals surface area contributed by atoms with E-state index in [0.717, 1.165) is 0 Å². The molecule has 0 bridgehead atoms. The third-order valence-corrected chi connectivity index (χ3v) is 4.57. The molecule has 0 aliphatic rings. The zero-order valence-corrected chi connectivity index (χ0v) is 10.7. The van der Waals surface area contributed by atoms with E-state index in [0.29, 0.717) is 16.5 Å². The summed E-state index contributed by atoms with van der Waals surface area (Å²) in [7, 11) is 3.02. The third-order valence-electron chi connectivity index (χ3n) is 2.67. The zero-order chi connectivity index (χ0) is 9.99. The number of hydrogen-bond acceptors (Lipinski definition) is 0. The molecule has 0 N–H and O–H groups in total. The molecule has 0 aliphatic heterocycles. The van der Waals surface area contributed by atoms with Crippen molar-refractivity contribution in [1.29, 1.82) is 0 Å². The first-order valence-corrected chi connectivity index (χ1v) is 5.64. The second kappa shape index (κ2) is 4.09. The van der Waals surface area contributed by atoms with Gasteiger partial charge in [-0.15, -0.1) is 9.24 Å². The fourth-order valence-corrected chi connectivity index (χ4v) is 2.14. The molecule has 74 valence electrons. The first kappa shape index (κ1) is 12.4. The largest absolute Gasteiger partial charge is 0.133 e. The average Bonchev–Trinajstić information content (AvgIpc) is 1.84. The van der Waals surface area contributed by atoms with Crippen LogP contribution in [-0.4, -0.2) is 5.66 Å². The Morgan fingerprint density at radius 1 is 1.08 bits per heavy atom. The van der Waals surface area contributed by atoms with Crippen molar-refractivity contribution in [2.45, 2.75) is 60.0 Å². The molecule has 12 heavy (non-hydrogen) atoms. The highest BCUT2D eigenvalue weighted by molar-refractivity contribution is 7.17. The summed E-state index contributed by atoms with van der Waals surface area (Å²) in [5.74, 6) is 0. The molecule has 0 saturated carbocycles. The van der Waals surface area contributed by atoms with Crippen LogP contribution in [0.2, 0.25) is 0 Å². The van der Waals surface area contributed by atoms with Crippen LogP contribution >= 0.6 is 9.24 Å². The second-order valence-corrected chi connectivity index (χ2v) is 6.25. The Balaban J connectivity index is 4.34. The summed E-state index contributed by atoms with van der Waals surface area (Å²) < 4.78 is 0. The monoisotopic (exact) mass is 188 g/mol. The van der Waals surface area contributed by atoms with Crippen LogP contribution in [0.15, 0.2) is 0 Å². The topological polar surface area (TPSA) is 0 Å². The summed E-state index contributed by atoms with van der Waals surface area (Å²) in [6, 6.07) is 0. The van der Waals surface area contributed by atoms with Crippen molar-refractivity contribution in [3.05, 3.63) is 0 Å². The fraction of sp³-hybridized carbons (Fsp3) is 1.00. The highest BCUT2D eigenvalue weighted by Gasteiger charge is 2.33. The summed E-state index contributed by atoms with van der Waals surface area (Å²) >= 11 is 0. The van der Waals surface area contributed by atoms with Crippen molar-refractivity contribution >= 4 is 9.24 Å². The molecule has 1 heteroatoms. The van der Waals surface area contributed by atoms with Crippen LogP contribution in [0.5, 0.6) is 0 Å². The maximum atomic E-state index is 3.02. The lowest BCUT2D eigenvalue weighted by atomic mass is 9.73. The van der Waals surface area contributed by atoms with Crippen LogP contribution in [0.25, 0.3) is 0 Å². The van der Waals surface area contributed by atoms with Crippen LogP contribution in [-0.2, 0) is 0 Å². The van der Waals surface area contributed by atoms with Crippen LogP contribution < -0.4 is 0 Å². The highest BCUT2D eigenvalue weighted by atomic mass is 31.0. The molecule has 0 heterocycles. The summed E-state index contributed by atoms with van der Waals surface area (Å²) in [6.45, 7) is 14.0.